The number of halogens is 1. The zero-order chi connectivity index (χ0) is 14.8. The number of carbonyl (C=O) groups is 1. The third kappa shape index (κ3) is 3.96. The van der Waals surface area contributed by atoms with Crippen molar-refractivity contribution in [2.45, 2.75) is 43.5 Å². The van der Waals surface area contributed by atoms with E-state index in [1.807, 2.05) is 11.8 Å². The Balaban J connectivity index is 1.92. The molecule has 1 aliphatic carbocycles. The van der Waals surface area contributed by atoms with E-state index in [1.54, 1.807) is 12.1 Å². The molecule has 4 nitrogen and oxygen atoms in total. The van der Waals surface area contributed by atoms with Gasteiger partial charge in [0.25, 0.3) is 9.05 Å². The van der Waals surface area contributed by atoms with Gasteiger partial charge in [-0.1, -0.05) is 12.1 Å². The van der Waals surface area contributed by atoms with Crippen molar-refractivity contribution in [2.75, 3.05) is 6.54 Å². The maximum Gasteiger partial charge on any atom is 0.261 e. The molecule has 1 aromatic rings. The molecule has 0 aromatic heterocycles. The third-order valence-corrected chi connectivity index (χ3v) is 4.85. The van der Waals surface area contributed by atoms with Gasteiger partial charge >= 0.3 is 0 Å². The van der Waals surface area contributed by atoms with Crippen LogP contribution in [0.4, 0.5) is 0 Å². The predicted octanol–water partition coefficient (Wildman–Crippen LogP) is 2.56. The molecule has 6 heteroatoms. The first-order valence-corrected chi connectivity index (χ1v) is 9.06. The van der Waals surface area contributed by atoms with Crippen LogP contribution in [0.2, 0.25) is 0 Å². The number of amides is 1. The minimum absolute atomic E-state index is 0.0856. The zero-order valence-electron chi connectivity index (χ0n) is 11.4. The molecule has 0 unspecified atom stereocenters. The molecule has 2 rings (SSSR count). The quantitative estimate of drug-likeness (QED) is 0.758. The number of rotatable bonds is 6. The summed E-state index contributed by atoms with van der Waals surface area (Å²) in [6.45, 7) is 2.75. The Bertz CT molecular complexity index is 579. The maximum atomic E-state index is 12.1. The third-order valence-electron chi connectivity index (χ3n) is 3.48. The van der Waals surface area contributed by atoms with Crippen LogP contribution in [0.25, 0.3) is 0 Å². The van der Waals surface area contributed by atoms with Crippen LogP contribution in [0.1, 0.15) is 31.7 Å². The molecule has 0 N–H and O–H groups in total. The van der Waals surface area contributed by atoms with Gasteiger partial charge < -0.3 is 4.90 Å². The number of carbonyl (C=O) groups excluding carboxylic acids is 1. The zero-order valence-corrected chi connectivity index (χ0v) is 13.0. The summed E-state index contributed by atoms with van der Waals surface area (Å²) in [6, 6.07) is 6.80. The first-order chi connectivity index (χ1) is 9.41. The summed E-state index contributed by atoms with van der Waals surface area (Å²) in [5.41, 5.74) is 0.939. The highest BCUT2D eigenvalue weighted by atomic mass is 35.7. The van der Waals surface area contributed by atoms with E-state index >= 15 is 0 Å². The molecule has 0 atom stereocenters. The van der Waals surface area contributed by atoms with Gasteiger partial charge in [-0.15, -0.1) is 0 Å². The van der Waals surface area contributed by atoms with Gasteiger partial charge in [-0.3, -0.25) is 4.79 Å². The Labute approximate surface area is 124 Å². The lowest BCUT2D eigenvalue weighted by atomic mass is 10.1. The summed E-state index contributed by atoms with van der Waals surface area (Å²) in [5, 5.41) is 0. The summed E-state index contributed by atoms with van der Waals surface area (Å²) in [5.74, 6) is 0.170. The highest BCUT2D eigenvalue weighted by molar-refractivity contribution is 8.13. The Kier molecular flexibility index (Phi) is 4.70. The standard InChI is InChI=1S/C14H18ClNO3S/c1-2-16(12-6-7-12)14(17)10-5-11-3-8-13(9-4-11)20(15,18)19/h3-4,8-9,12H,2,5-7,10H2,1H3. The Morgan fingerprint density at radius 3 is 2.35 bits per heavy atom. The molecule has 1 amide bonds. The van der Waals surface area contributed by atoms with Gasteiger partial charge in [0.2, 0.25) is 5.91 Å². The highest BCUT2D eigenvalue weighted by Gasteiger charge is 2.30. The van der Waals surface area contributed by atoms with Crippen molar-refractivity contribution in [3.05, 3.63) is 29.8 Å². The molecule has 1 fully saturated rings. The van der Waals surface area contributed by atoms with E-state index in [2.05, 4.69) is 0 Å². The molecule has 0 heterocycles. The van der Waals surface area contributed by atoms with Crippen LogP contribution in [0.5, 0.6) is 0 Å². The van der Waals surface area contributed by atoms with Crippen molar-refractivity contribution in [2.24, 2.45) is 0 Å². The number of hydrogen-bond acceptors (Lipinski definition) is 3. The molecule has 1 saturated carbocycles. The van der Waals surface area contributed by atoms with Crippen LogP contribution in [0.15, 0.2) is 29.2 Å². The molecular weight excluding hydrogens is 298 g/mol. The first kappa shape index (κ1) is 15.3. The van der Waals surface area contributed by atoms with Crippen molar-refractivity contribution in [3.63, 3.8) is 0 Å². The molecule has 0 saturated heterocycles. The smallest absolute Gasteiger partial charge is 0.261 e. The number of aryl methyl sites for hydroxylation is 1. The summed E-state index contributed by atoms with van der Waals surface area (Å²) in [6.07, 6.45) is 3.30. The largest absolute Gasteiger partial charge is 0.340 e. The monoisotopic (exact) mass is 315 g/mol. The van der Waals surface area contributed by atoms with Crippen molar-refractivity contribution in [3.8, 4) is 0 Å². The average molecular weight is 316 g/mol. The Morgan fingerprint density at radius 2 is 1.90 bits per heavy atom. The molecule has 0 bridgehead atoms. The summed E-state index contributed by atoms with van der Waals surface area (Å²) >= 11 is 0. The van der Waals surface area contributed by atoms with Gasteiger partial charge in [0.05, 0.1) is 4.90 Å². The summed E-state index contributed by atoms with van der Waals surface area (Å²) in [4.78, 5) is 14.1. The topological polar surface area (TPSA) is 54.5 Å². The molecule has 1 aromatic carbocycles. The van der Waals surface area contributed by atoms with Gasteiger partial charge in [0.15, 0.2) is 0 Å². The number of nitrogens with zero attached hydrogens (tertiary/aromatic N) is 1. The van der Waals surface area contributed by atoms with Gasteiger partial charge in [-0.25, -0.2) is 8.42 Å². The SMILES string of the molecule is CCN(C(=O)CCc1ccc(S(=O)(=O)Cl)cc1)C1CC1. The van der Waals surface area contributed by atoms with Gasteiger partial charge in [0, 0.05) is 29.7 Å². The lowest BCUT2D eigenvalue weighted by Gasteiger charge is -2.20. The summed E-state index contributed by atoms with van der Waals surface area (Å²) < 4.78 is 22.2. The van der Waals surface area contributed by atoms with Crippen molar-refractivity contribution < 1.29 is 13.2 Å². The average Bonchev–Trinajstić information content (AvgIpc) is 3.21. The lowest BCUT2D eigenvalue weighted by molar-refractivity contribution is -0.131. The van der Waals surface area contributed by atoms with Crippen LogP contribution >= 0.6 is 10.7 Å². The van der Waals surface area contributed by atoms with Crippen LogP contribution in [0, 0.1) is 0 Å². The van der Waals surface area contributed by atoms with Crippen molar-refractivity contribution >= 4 is 25.6 Å². The van der Waals surface area contributed by atoms with Crippen LogP contribution in [0.3, 0.4) is 0 Å². The van der Waals surface area contributed by atoms with Gasteiger partial charge in [-0.2, -0.15) is 0 Å². The Morgan fingerprint density at radius 1 is 1.30 bits per heavy atom. The highest BCUT2D eigenvalue weighted by Crippen LogP contribution is 2.27. The summed E-state index contributed by atoms with van der Waals surface area (Å²) in [7, 11) is 1.58. The Hall–Kier alpha value is -1.07. The number of hydrogen-bond donors (Lipinski definition) is 0. The predicted molar refractivity (Wildman–Crippen MR) is 78.2 cm³/mol. The molecule has 20 heavy (non-hydrogen) atoms. The molecule has 0 aliphatic heterocycles. The van der Waals surface area contributed by atoms with E-state index in [-0.39, 0.29) is 10.8 Å². The number of benzene rings is 1. The second-order valence-electron chi connectivity index (χ2n) is 4.99. The first-order valence-electron chi connectivity index (χ1n) is 6.75. The van der Waals surface area contributed by atoms with E-state index < -0.39 is 9.05 Å². The van der Waals surface area contributed by atoms with Crippen LogP contribution in [-0.2, 0) is 20.3 Å². The van der Waals surface area contributed by atoms with Crippen LogP contribution in [-0.4, -0.2) is 31.8 Å². The molecule has 110 valence electrons. The molecule has 0 radical (unpaired) electrons. The molecule has 0 spiro atoms. The normalized spacial score (nSPS) is 15.1. The molecule has 1 aliphatic rings. The molecular formula is C14H18ClNO3S. The van der Waals surface area contributed by atoms with E-state index in [4.69, 9.17) is 10.7 Å². The van der Waals surface area contributed by atoms with Gasteiger partial charge in [-0.05, 0) is 43.9 Å². The van der Waals surface area contributed by atoms with E-state index in [0.29, 0.717) is 18.9 Å². The van der Waals surface area contributed by atoms with Crippen LogP contribution < -0.4 is 0 Å². The fourth-order valence-corrected chi connectivity index (χ4v) is 3.01. The maximum absolute atomic E-state index is 12.1. The minimum Gasteiger partial charge on any atom is -0.340 e. The fourth-order valence-electron chi connectivity index (χ4n) is 2.24. The van der Waals surface area contributed by atoms with Crippen molar-refractivity contribution in [1.29, 1.82) is 0 Å². The minimum atomic E-state index is -3.67. The van der Waals surface area contributed by atoms with Gasteiger partial charge in [0.1, 0.15) is 0 Å². The fraction of sp³-hybridized carbons (Fsp3) is 0.500. The van der Waals surface area contributed by atoms with Crippen molar-refractivity contribution in [1.82, 2.24) is 4.90 Å². The second kappa shape index (κ2) is 6.14. The van der Waals surface area contributed by atoms with E-state index in [0.717, 1.165) is 24.9 Å². The lowest BCUT2D eigenvalue weighted by Crippen LogP contribution is -2.32. The second-order valence-corrected chi connectivity index (χ2v) is 7.56. The van der Waals surface area contributed by atoms with E-state index in [1.165, 1.54) is 12.1 Å². The van der Waals surface area contributed by atoms with E-state index in [9.17, 15) is 13.2 Å².